The van der Waals surface area contributed by atoms with E-state index in [0.717, 1.165) is 37.7 Å². The Balaban J connectivity index is 1.97. The largest absolute Gasteiger partial charge is 0.310 e. The fourth-order valence-electron chi connectivity index (χ4n) is 2.71. The number of rotatable bonds is 8. The summed E-state index contributed by atoms with van der Waals surface area (Å²) in [6, 6.07) is 8.03. The minimum Gasteiger partial charge on any atom is -0.310 e. The maximum absolute atomic E-state index is 13.9. The van der Waals surface area contributed by atoms with Gasteiger partial charge >= 0.3 is 0 Å². The Morgan fingerprint density at radius 1 is 1.32 bits per heavy atom. The molecule has 1 fully saturated rings. The lowest BCUT2D eigenvalue weighted by atomic mass is 10.0. The number of nitrogens with one attached hydrogen (secondary N) is 1. The smallest absolute Gasteiger partial charge is 0.127 e. The van der Waals surface area contributed by atoms with E-state index in [0.29, 0.717) is 0 Å². The molecular formula is C16H25FN2. The average Bonchev–Trinajstić information content (AvgIpc) is 3.24. The molecule has 0 aliphatic heterocycles. The molecule has 1 aromatic carbocycles. The summed E-state index contributed by atoms with van der Waals surface area (Å²) < 4.78 is 13.9. The van der Waals surface area contributed by atoms with Crippen LogP contribution in [0.4, 0.5) is 4.39 Å². The predicted octanol–water partition coefficient (Wildman–Crippen LogP) is 3.35. The standard InChI is InChI=1S/C16H25FN2/c1-3-18-16(14-7-5-6-8-15(14)17)11-12-19(4-2)13-9-10-13/h5-8,13,16,18H,3-4,9-12H2,1-2H3. The molecule has 1 aromatic rings. The van der Waals surface area contributed by atoms with E-state index >= 15 is 0 Å². The van der Waals surface area contributed by atoms with Crippen LogP contribution in [0.25, 0.3) is 0 Å². The molecule has 0 aromatic heterocycles. The molecule has 3 heteroatoms. The summed E-state index contributed by atoms with van der Waals surface area (Å²) in [7, 11) is 0. The van der Waals surface area contributed by atoms with Gasteiger partial charge < -0.3 is 10.2 Å². The van der Waals surface area contributed by atoms with Crippen LogP contribution >= 0.6 is 0 Å². The molecular weight excluding hydrogens is 239 g/mol. The summed E-state index contributed by atoms with van der Waals surface area (Å²) in [6.45, 7) is 7.30. The van der Waals surface area contributed by atoms with Gasteiger partial charge in [0, 0.05) is 24.2 Å². The lowest BCUT2D eigenvalue weighted by molar-refractivity contribution is 0.259. The van der Waals surface area contributed by atoms with Gasteiger partial charge in [-0.3, -0.25) is 0 Å². The van der Waals surface area contributed by atoms with E-state index in [9.17, 15) is 4.39 Å². The zero-order chi connectivity index (χ0) is 13.7. The van der Waals surface area contributed by atoms with Gasteiger partial charge in [-0.05, 0) is 38.4 Å². The first kappa shape index (κ1) is 14.5. The molecule has 0 heterocycles. The minimum absolute atomic E-state index is 0.0945. The summed E-state index contributed by atoms with van der Waals surface area (Å²) in [5.74, 6) is -0.0945. The first-order valence-electron chi connectivity index (χ1n) is 7.48. The Labute approximate surface area is 116 Å². The van der Waals surface area contributed by atoms with Gasteiger partial charge in [0.25, 0.3) is 0 Å². The number of halogens is 1. The van der Waals surface area contributed by atoms with Crippen LogP contribution in [-0.2, 0) is 0 Å². The van der Waals surface area contributed by atoms with Crippen LogP contribution in [0.3, 0.4) is 0 Å². The van der Waals surface area contributed by atoms with Crippen LogP contribution in [0, 0.1) is 5.82 Å². The third-order valence-electron chi connectivity index (χ3n) is 3.91. The molecule has 1 aliphatic rings. The summed E-state index contributed by atoms with van der Waals surface area (Å²) >= 11 is 0. The van der Waals surface area contributed by atoms with Crippen LogP contribution in [0.5, 0.6) is 0 Å². The molecule has 19 heavy (non-hydrogen) atoms. The molecule has 2 rings (SSSR count). The van der Waals surface area contributed by atoms with Crippen molar-refractivity contribution in [2.24, 2.45) is 0 Å². The molecule has 0 saturated heterocycles. The van der Waals surface area contributed by atoms with Gasteiger partial charge in [0.1, 0.15) is 5.82 Å². The van der Waals surface area contributed by atoms with Crippen molar-refractivity contribution in [1.82, 2.24) is 10.2 Å². The number of benzene rings is 1. The molecule has 1 aliphatic carbocycles. The number of hydrogen-bond acceptors (Lipinski definition) is 2. The molecule has 1 atom stereocenters. The first-order chi connectivity index (χ1) is 9.26. The highest BCUT2D eigenvalue weighted by molar-refractivity contribution is 5.21. The van der Waals surface area contributed by atoms with Crippen LogP contribution in [0.15, 0.2) is 24.3 Å². The second-order valence-corrected chi connectivity index (χ2v) is 5.28. The first-order valence-corrected chi connectivity index (χ1v) is 7.48. The van der Waals surface area contributed by atoms with Gasteiger partial charge in [-0.15, -0.1) is 0 Å². The molecule has 2 nitrogen and oxygen atoms in total. The predicted molar refractivity (Wildman–Crippen MR) is 77.7 cm³/mol. The zero-order valence-electron chi connectivity index (χ0n) is 12.0. The van der Waals surface area contributed by atoms with Crippen molar-refractivity contribution >= 4 is 0 Å². The van der Waals surface area contributed by atoms with Gasteiger partial charge in [-0.1, -0.05) is 32.0 Å². The van der Waals surface area contributed by atoms with Crippen molar-refractivity contribution in [1.29, 1.82) is 0 Å². The molecule has 0 amide bonds. The summed E-state index contributed by atoms with van der Waals surface area (Å²) in [5, 5.41) is 3.41. The van der Waals surface area contributed by atoms with Crippen molar-refractivity contribution in [2.45, 2.75) is 45.2 Å². The van der Waals surface area contributed by atoms with Crippen molar-refractivity contribution in [3.8, 4) is 0 Å². The minimum atomic E-state index is -0.0945. The summed E-state index contributed by atoms with van der Waals surface area (Å²) in [4.78, 5) is 2.52. The van der Waals surface area contributed by atoms with Gasteiger partial charge in [0.05, 0.1) is 0 Å². The fourth-order valence-corrected chi connectivity index (χ4v) is 2.71. The Morgan fingerprint density at radius 3 is 2.63 bits per heavy atom. The van der Waals surface area contributed by atoms with Crippen molar-refractivity contribution in [3.05, 3.63) is 35.6 Å². The molecule has 0 radical (unpaired) electrons. The van der Waals surface area contributed by atoms with Crippen LogP contribution in [0.2, 0.25) is 0 Å². The summed E-state index contributed by atoms with van der Waals surface area (Å²) in [6.07, 6.45) is 3.64. The molecule has 0 spiro atoms. The molecule has 1 saturated carbocycles. The van der Waals surface area contributed by atoms with Gasteiger partial charge in [0.15, 0.2) is 0 Å². The quantitative estimate of drug-likeness (QED) is 0.774. The van der Waals surface area contributed by atoms with E-state index in [1.807, 2.05) is 12.1 Å². The van der Waals surface area contributed by atoms with Crippen LogP contribution < -0.4 is 5.32 Å². The second kappa shape index (κ2) is 7.01. The van der Waals surface area contributed by atoms with E-state index in [1.165, 1.54) is 12.8 Å². The SMILES string of the molecule is CCNC(CCN(CC)C1CC1)c1ccccc1F. The van der Waals surface area contributed by atoms with E-state index in [4.69, 9.17) is 0 Å². The molecule has 1 unspecified atom stereocenters. The third kappa shape index (κ3) is 4.02. The van der Waals surface area contributed by atoms with E-state index in [2.05, 4.69) is 24.1 Å². The third-order valence-corrected chi connectivity index (χ3v) is 3.91. The molecule has 1 N–H and O–H groups in total. The number of hydrogen-bond donors (Lipinski definition) is 1. The lowest BCUT2D eigenvalue weighted by Crippen LogP contribution is -2.31. The van der Waals surface area contributed by atoms with E-state index in [-0.39, 0.29) is 11.9 Å². The highest BCUT2D eigenvalue weighted by atomic mass is 19.1. The van der Waals surface area contributed by atoms with E-state index < -0.39 is 0 Å². The van der Waals surface area contributed by atoms with Crippen LogP contribution in [0.1, 0.15) is 44.7 Å². The Hall–Kier alpha value is -0.930. The van der Waals surface area contributed by atoms with Gasteiger partial charge in [-0.2, -0.15) is 0 Å². The van der Waals surface area contributed by atoms with E-state index in [1.54, 1.807) is 12.1 Å². The highest BCUT2D eigenvalue weighted by Gasteiger charge is 2.28. The lowest BCUT2D eigenvalue weighted by Gasteiger charge is -2.24. The van der Waals surface area contributed by atoms with Crippen molar-refractivity contribution in [2.75, 3.05) is 19.6 Å². The Morgan fingerprint density at radius 2 is 2.05 bits per heavy atom. The normalized spacial score (nSPS) is 16.8. The highest BCUT2D eigenvalue weighted by Crippen LogP contribution is 2.28. The maximum atomic E-state index is 13.9. The van der Waals surface area contributed by atoms with Crippen LogP contribution in [-0.4, -0.2) is 30.6 Å². The zero-order valence-corrected chi connectivity index (χ0v) is 12.0. The van der Waals surface area contributed by atoms with Gasteiger partial charge in [-0.25, -0.2) is 4.39 Å². The van der Waals surface area contributed by atoms with Crippen molar-refractivity contribution < 1.29 is 4.39 Å². The average molecular weight is 264 g/mol. The van der Waals surface area contributed by atoms with Gasteiger partial charge in [0.2, 0.25) is 0 Å². The Kier molecular flexibility index (Phi) is 5.34. The number of nitrogens with zero attached hydrogens (tertiary/aromatic N) is 1. The van der Waals surface area contributed by atoms with Crippen molar-refractivity contribution in [3.63, 3.8) is 0 Å². The topological polar surface area (TPSA) is 15.3 Å². The fraction of sp³-hybridized carbons (Fsp3) is 0.625. The Bertz CT molecular complexity index is 390. The monoisotopic (exact) mass is 264 g/mol. The molecule has 106 valence electrons. The second-order valence-electron chi connectivity index (χ2n) is 5.28. The summed E-state index contributed by atoms with van der Waals surface area (Å²) in [5.41, 5.74) is 0.802. The molecule has 0 bridgehead atoms. The maximum Gasteiger partial charge on any atom is 0.127 e.